The zero-order valence-corrected chi connectivity index (χ0v) is 16.8. The second kappa shape index (κ2) is 8.92. The number of imide groups is 1. The number of hydrogen-bond acceptors (Lipinski definition) is 8. The molecule has 1 aromatic carbocycles. The summed E-state index contributed by atoms with van der Waals surface area (Å²) in [4.78, 5) is 48.5. The molecule has 0 saturated carbocycles. The highest BCUT2D eigenvalue weighted by atomic mass is 32.2. The van der Waals surface area contributed by atoms with Gasteiger partial charge < -0.3 is 14.2 Å². The first-order valence-corrected chi connectivity index (χ1v) is 9.17. The van der Waals surface area contributed by atoms with Crippen molar-refractivity contribution in [2.75, 3.05) is 20.3 Å². The third-order valence-corrected chi connectivity index (χ3v) is 4.25. The lowest BCUT2D eigenvalue weighted by atomic mass is 10.2. The summed E-state index contributed by atoms with van der Waals surface area (Å²) < 4.78 is 14.9. The Hall–Kier alpha value is -2.81. The molecule has 1 saturated heterocycles. The van der Waals surface area contributed by atoms with Crippen LogP contribution in [-0.4, -0.2) is 53.8 Å². The molecule has 0 unspecified atom stereocenters. The van der Waals surface area contributed by atoms with Crippen LogP contribution < -0.4 is 4.74 Å². The minimum atomic E-state index is -0.702. The molecule has 0 aliphatic carbocycles. The highest BCUT2D eigenvalue weighted by molar-refractivity contribution is 8.18. The number of rotatable bonds is 6. The Morgan fingerprint density at radius 1 is 1.11 bits per heavy atom. The molecule has 0 atom stereocenters. The number of thioether (sulfide) groups is 1. The maximum absolute atomic E-state index is 12.4. The van der Waals surface area contributed by atoms with Crippen molar-refractivity contribution in [2.24, 2.45) is 0 Å². The average Bonchev–Trinajstić information content (AvgIpc) is 2.86. The minimum absolute atomic E-state index is 0.205. The molecule has 28 heavy (non-hydrogen) atoms. The molecule has 9 heteroatoms. The molecule has 8 nitrogen and oxygen atoms in total. The number of carbonyl (C=O) groups excluding carboxylic acids is 4. The normalized spacial score (nSPS) is 15.7. The van der Waals surface area contributed by atoms with Crippen LogP contribution in [0.1, 0.15) is 26.3 Å². The number of hydrogen-bond donors (Lipinski definition) is 0. The summed E-state index contributed by atoms with van der Waals surface area (Å²) in [6.07, 6.45) is 1.55. The highest BCUT2D eigenvalue weighted by Crippen LogP contribution is 2.32. The second-order valence-corrected chi connectivity index (χ2v) is 7.78. The molecule has 0 bridgehead atoms. The number of benzene rings is 1. The van der Waals surface area contributed by atoms with Gasteiger partial charge in [0, 0.05) is 0 Å². The fraction of sp³-hybridized carbons (Fsp3) is 0.368. The molecular formula is C19H21NO7S. The van der Waals surface area contributed by atoms with Gasteiger partial charge in [0.15, 0.2) is 6.61 Å². The van der Waals surface area contributed by atoms with Crippen molar-refractivity contribution in [3.63, 3.8) is 0 Å². The Labute approximate surface area is 166 Å². The average molecular weight is 407 g/mol. The third-order valence-electron chi connectivity index (χ3n) is 3.34. The van der Waals surface area contributed by atoms with Crippen LogP contribution in [0.25, 0.3) is 6.08 Å². The van der Waals surface area contributed by atoms with Crippen LogP contribution in [0.4, 0.5) is 4.79 Å². The first kappa shape index (κ1) is 21.5. The first-order chi connectivity index (χ1) is 13.1. The Morgan fingerprint density at radius 3 is 2.32 bits per heavy atom. The SMILES string of the molecule is COC(=O)COc1ccc(/C=C2\SC(=O)N(CC(=O)OC(C)(C)C)C2=O)cc1. The molecule has 2 amide bonds. The lowest BCUT2D eigenvalue weighted by Gasteiger charge is -2.21. The molecule has 0 aromatic heterocycles. The Bertz CT molecular complexity index is 809. The standard InChI is InChI=1S/C19H21NO7S/c1-19(2,3)27-15(21)10-20-17(23)14(28-18(20)24)9-12-5-7-13(8-6-12)26-11-16(22)25-4/h5-9H,10-11H2,1-4H3/b14-9-. The monoisotopic (exact) mass is 407 g/mol. The molecule has 1 heterocycles. The molecule has 1 aromatic rings. The van der Waals surface area contributed by atoms with Crippen LogP contribution in [0.15, 0.2) is 29.2 Å². The largest absolute Gasteiger partial charge is 0.482 e. The fourth-order valence-electron chi connectivity index (χ4n) is 2.15. The number of ether oxygens (including phenoxy) is 3. The van der Waals surface area contributed by atoms with E-state index in [2.05, 4.69) is 4.74 Å². The van der Waals surface area contributed by atoms with Crippen LogP contribution in [0, 0.1) is 0 Å². The summed E-state index contributed by atoms with van der Waals surface area (Å²) in [7, 11) is 1.27. The van der Waals surface area contributed by atoms with Crippen molar-refractivity contribution >= 4 is 40.9 Å². The van der Waals surface area contributed by atoms with Crippen molar-refractivity contribution in [3.8, 4) is 5.75 Å². The molecule has 1 aliphatic heterocycles. The van der Waals surface area contributed by atoms with E-state index >= 15 is 0 Å². The van der Waals surface area contributed by atoms with Gasteiger partial charge in [-0.15, -0.1) is 0 Å². The van der Waals surface area contributed by atoms with Gasteiger partial charge in [-0.3, -0.25) is 19.3 Å². The van der Waals surface area contributed by atoms with E-state index in [1.54, 1.807) is 51.1 Å². The van der Waals surface area contributed by atoms with E-state index in [9.17, 15) is 19.2 Å². The number of nitrogens with zero attached hydrogens (tertiary/aromatic N) is 1. The van der Waals surface area contributed by atoms with E-state index in [-0.39, 0.29) is 11.5 Å². The molecule has 0 N–H and O–H groups in total. The van der Waals surface area contributed by atoms with Crippen LogP contribution in [0.2, 0.25) is 0 Å². The number of amides is 2. The van der Waals surface area contributed by atoms with E-state index in [1.165, 1.54) is 7.11 Å². The maximum Gasteiger partial charge on any atom is 0.343 e. The number of carbonyl (C=O) groups is 4. The summed E-state index contributed by atoms with van der Waals surface area (Å²) in [5.74, 6) is -1.24. The molecule has 1 fully saturated rings. The lowest BCUT2D eigenvalue weighted by Crippen LogP contribution is -2.37. The predicted molar refractivity (Wildman–Crippen MR) is 102 cm³/mol. The van der Waals surface area contributed by atoms with Crippen molar-refractivity contribution in [1.82, 2.24) is 4.90 Å². The van der Waals surface area contributed by atoms with E-state index in [0.717, 1.165) is 16.7 Å². The zero-order valence-electron chi connectivity index (χ0n) is 16.0. The lowest BCUT2D eigenvalue weighted by molar-refractivity contribution is -0.156. The van der Waals surface area contributed by atoms with E-state index in [4.69, 9.17) is 9.47 Å². The summed E-state index contributed by atoms with van der Waals surface area (Å²) in [5.41, 5.74) is -0.0416. The highest BCUT2D eigenvalue weighted by Gasteiger charge is 2.37. The van der Waals surface area contributed by atoms with Gasteiger partial charge in [0.05, 0.1) is 12.0 Å². The van der Waals surface area contributed by atoms with E-state index in [0.29, 0.717) is 11.3 Å². The topological polar surface area (TPSA) is 99.2 Å². The van der Waals surface area contributed by atoms with E-state index < -0.39 is 35.2 Å². The summed E-state index contributed by atoms with van der Waals surface area (Å²) in [5, 5.41) is -0.528. The van der Waals surface area contributed by atoms with Gasteiger partial charge in [0.25, 0.3) is 11.1 Å². The molecule has 1 aliphatic rings. The Morgan fingerprint density at radius 2 is 1.75 bits per heavy atom. The molecular weight excluding hydrogens is 386 g/mol. The minimum Gasteiger partial charge on any atom is -0.482 e. The Kier molecular flexibility index (Phi) is 6.85. The van der Waals surface area contributed by atoms with Gasteiger partial charge in [-0.2, -0.15) is 0 Å². The maximum atomic E-state index is 12.4. The van der Waals surface area contributed by atoms with Gasteiger partial charge in [-0.05, 0) is 56.3 Å². The number of esters is 2. The first-order valence-electron chi connectivity index (χ1n) is 8.36. The van der Waals surface area contributed by atoms with Gasteiger partial charge in [0.1, 0.15) is 17.9 Å². The molecule has 0 radical (unpaired) electrons. The fourth-order valence-corrected chi connectivity index (χ4v) is 2.99. The van der Waals surface area contributed by atoms with Crippen molar-refractivity contribution in [3.05, 3.63) is 34.7 Å². The molecule has 150 valence electrons. The quantitative estimate of drug-likeness (QED) is 0.524. The molecule has 0 spiro atoms. The molecule has 2 rings (SSSR count). The van der Waals surface area contributed by atoms with Crippen molar-refractivity contribution in [1.29, 1.82) is 0 Å². The number of methoxy groups -OCH3 is 1. The van der Waals surface area contributed by atoms with Crippen molar-refractivity contribution in [2.45, 2.75) is 26.4 Å². The second-order valence-electron chi connectivity index (χ2n) is 6.79. The predicted octanol–water partition coefficient (Wildman–Crippen LogP) is 2.62. The smallest absolute Gasteiger partial charge is 0.343 e. The summed E-state index contributed by atoms with van der Waals surface area (Å²) in [6, 6.07) is 6.60. The van der Waals surface area contributed by atoms with Gasteiger partial charge in [0.2, 0.25) is 0 Å². The van der Waals surface area contributed by atoms with Gasteiger partial charge in [-0.1, -0.05) is 12.1 Å². The van der Waals surface area contributed by atoms with Crippen LogP contribution in [0.3, 0.4) is 0 Å². The van der Waals surface area contributed by atoms with E-state index in [1.807, 2.05) is 0 Å². The van der Waals surface area contributed by atoms with Crippen molar-refractivity contribution < 1.29 is 33.4 Å². The third kappa shape index (κ3) is 6.12. The van der Waals surface area contributed by atoms with Gasteiger partial charge in [-0.25, -0.2) is 4.79 Å². The summed E-state index contributed by atoms with van der Waals surface area (Å²) >= 11 is 0.756. The Balaban J connectivity index is 2.02. The zero-order chi connectivity index (χ0) is 20.9. The van der Waals surface area contributed by atoms with Crippen LogP contribution in [0.5, 0.6) is 5.75 Å². The summed E-state index contributed by atoms with van der Waals surface area (Å²) in [6.45, 7) is 4.48. The van der Waals surface area contributed by atoms with Crippen LogP contribution >= 0.6 is 11.8 Å². The van der Waals surface area contributed by atoms with Gasteiger partial charge >= 0.3 is 11.9 Å². The van der Waals surface area contributed by atoms with Crippen LogP contribution in [-0.2, 0) is 23.9 Å².